The van der Waals surface area contributed by atoms with Gasteiger partial charge < -0.3 is 136 Å². The second-order valence-corrected chi connectivity index (χ2v) is 41.9. The number of aliphatic hydroxyl groups excluding tert-OH is 18. The smallest absolute Gasteiger partial charge is 0.220 e. The Labute approximate surface area is 883 Å². The molecule has 33 heteroatoms. The lowest BCUT2D eigenvalue weighted by atomic mass is 9.98. The summed E-state index contributed by atoms with van der Waals surface area (Å²) >= 11 is 0. The molecule has 0 aliphatic carbocycles. The molecule has 24 atom stereocenters. The fourth-order valence-electron chi connectivity index (χ4n) is 19.2. The van der Waals surface area contributed by atoms with Crippen LogP contribution in [0.2, 0.25) is 0 Å². The Morgan fingerprint density at radius 2 is 0.446 bits per heavy atom. The number of aliphatic hydroxyl groups is 18. The van der Waals surface area contributed by atoms with Crippen LogP contribution in [0.4, 0.5) is 13.2 Å². The van der Waals surface area contributed by atoms with Crippen molar-refractivity contribution in [1.29, 1.82) is 0 Å². The van der Waals surface area contributed by atoms with Gasteiger partial charge in [0.25, 0.3) is 0 Å². The molecule has 0 saturated carbocycles. The van der Waals surface area contributed by atoms with E-state index in [-0.39, 0.29) is 74.3 Å². The summed E-state index contributed by atoms with van der Waals surface area (Å²) in [5.74, 6) is -1.68. The second-order valence-electron chi connectivity index (χ2n) is 41.9. The summed E-state index contributed by atoms with van der Waals surface area (Å²) in [6, 6.07) is 16.4. The lowest BCUT2D eigenvalue weighted by molar-refractivity contribution is -0.303. The average Bonchev–Trinajstić information content (AvgIpc) is 0.821. The van der Waals surface area contributed by atoms with E-state index in [0.29, 0.717) is 38.5 Å². The van der Waals surface area contributed by atoms with E-state index >= 15 is 0 Å². The van der Waals surface area contributed by atoms with Gasteiger partial charge in [0.1, 0.15) is 109 Å². The summed E-state index contributed by atoms with van der Waals surface area (Å²) in [6.45, 7) is 3.82. The lowest BCUT2D eigenvalue weighted by Gasteiger charge is -2.40. The zero-order chi connectivity index (χ0) is 108. The van der Waals surface area contributed by atoms with Gasteiger partial charge in [0, 0.05) is 19.3 Å². The molecule has 858 valence electrons. The van der Waals surface area contributed by atoms with Crippen LogP contribution in [0.1, 0.15) is 410 Å². The number of amides is 3. The number of aryl methyl sites for hydroxylation is 3. The van der Waals surface area contributed by atoms with Gasteiger partial charge >= 0.3 is 0 Å². The Kier molecular flexibility index (Phi) is 77.8. The molecule has 3 aliphatic rings. The fourth-order valence-corrected chi connectivity index (χ4v) is 19.2. The zero-order valence-electron chi connectivity index (χ0n) is 90.0. The van der Waals surface area contributed by atoms with Crippen LogP contribution < -0.4 is 16.0 Å². The average molecular weight is 2110 g/mol. The molecular formula is C115H200F3N3O27. The first-order valence-electron chi connectivity index (χ1n) is 57.5. The Morgan fingerprint density at radius 3 is 0.649 bits per heavy atom. The number of carbonyl (C=O) groups is 3. The number of benzene rings is 3. The number of carbonyl (C=O) groups excluding carboxylic acids is 3. The predicted molar refractivity (Wildman–Crippen MR) is 566 cm³/mol. The molecule has 3 aromatic rings. The molecule has 0 radical (unpaired) electrons. The highest BCUT2D eigenvalue weighted by atomic mass is 19.1. The van der Waals surface area contributed by atoms with Crippen molar-refractivity contribution in [2.75, 3.05) is 39.6 Å². The van der Waals surface area contributed by atoms with Gasteiger partial charge in [-0.15, -0.1) is 0 Å². The zero-order valence-corrected chi connectivity index (χ0v) is 90.0. The molecule has 3 heterocycles. The minimum absolute atomic E-state index is 0.182. The van der Waals surface area contributed by atoms with Gasteiger partial charge in [0.2, 0.25) is 17.7 Å². The molecule has 6 rings (SSSR count). The van der Waals surface area contributed by atoms with Gasteiger partial charge in [-0.05, 0) is 130 Å². The molecule has 21 N–H and O–H groups in total. The van der Waals surface area contributed by atoms with Gasteiger partial charge in [-0.1, -0.05) is 353 Å². The van der Waals surface area contributed by atoms with Crippen LogP contribution in [0.3, 0.4) is 0 Å². The van der Waals surface area contributed by atoms with E-state index in [9.17, 15) is 119 Å². The Bertz CT molecular complexity index is 3660. The van der Waals surface area contributed by atoms with E-state index < -0.39 is 167 Å². The van der Waals surface area contributed by atoms with E-state index in [0.717, 1.165) is 196 Å². The number of rotatable bonds is 85. The van der Waals surface area contributed by atoms with E-state index in [1.54, 1.807) is 24.3 Å². The van der Waals surface area contributed by atoms with Crippen LogP contribution in [-0.4, -0.2) is 296 Å². The van der Waals surface area contributed by atoms with Gasteiger partial charge in [0.15, 0.2) is 18.9 Å². The summed E-state index contributed by atoms with van der Waals surface area (Å²) in [5.41, 5.74) is 3.27. The van der Waals surface area contributed by atoms with Crippen LogP contribution in [-0.2, 0) is 62.1 Å². The maximum Gasteiger partial charge on any atom is 0.220 e. The van der Waals surface area contributed by atoms with E-state index in [4.69, 9.17) is 28.4 Å². The molecule has 15 unspecified atom stereocenters. The van der Waals surface area contributed by atoms with Crippen molar-refractivity contribution in [3.8, 4) is 0 Å². The number of ether oxygens (including phenoxy) is 6. The fraction of sp³-hybridized carbons (Fsp3) is 0.817. The van der Waals surface area contributed by atoms with Crippen LogP contribution in [0, 0.1) is 17.5 Å². The molecule has 3 aromatic carbocycles. The third-order valence-corrected chi connectivity index (χ3v) is 29.0. The number of hydrogen-bond donors (Lipinski definition) is 21. The van der Waals surface area contributed by atoms with Gasteiger partial charge in [-0.3, -0.25) is 14.4 Å². The minimum Gasteiger partial charge on any atom is -0.394 e. The summed E-state index contributed by atoms with van der Waals surface area (Å²) in [6.07, 6.45) is 31.9. The number of nitrogens with one attached hydrogen (secondary N) is 3. The number of hydrogen-bond acceptors (Lipinski definition) is 27. The highest BCUT2D eigenvalue weighted by molar-refractivity contribution is 5.77. The van der Waals surface area contributed by atoms with Crippen molar-refractivity contribution in [3.63, 3.8) is 0 Å². The number of halogens is 3. The molecule has 3 amide bonds. The SMILES string of the molecule is CCCCCCCCCCCCCC[C@@H](O)[C@@H](O)[C@H](COC1OC(CO)C(O)C(O)C1O)NC(=O)CCCCCCCCCCc1ccc(F)cc1.CCCCCCCCCCCCCC[C@@H](O)[C@@H](O)[C@H](COC1OC(CO)C(O)C(O)C1O)NC(=O)CCCCCCCc1ccc(F)cc1.CCCCCCCCCCCCCC[C@@H](O)[C@@H](O)[C@H](COC1OC(CO)C(O)C(O)C1O)NC(=O)CCCCCc1ccc(F)cc1. The van der Waals surface area contributed by atoms with Crippen LogP contribution >= 0.6 is 0 Å². The Balaban J connectivity index is 0.000000463. The second kappa shape index (κ2) is 85.1. The molecule has 3 aliphatic heterocycles. The van der Waals surface area contributed by atoms with Crippen molar-refractivity contribution >= 4 is 17.7 Å². The van der Waals surface area contributed by atoms with Gasteiger partial charge in [-0.25, -0.2) is 13.2 Å². The largest absolute Gasteiger partial charge is 0.394 e. The molecular weight excluding hydrogens is 1910 g/mol. The van der Waals surface area contributed by atoms with Crippen LogP contribution in [0.5, 0.6) is 0 Å². The molecule has 0 spiro atoms. The maximum atomic E-state index is 13.1. The van der Waals surface area contributed by atoms with Crippen molar-refractivity contribution in [2.24, 2.45) is 0 Å². The standard InChI is InChI=1S/C41H72FNO9.C38H66FNO9.C36H62FNO9/c1-2-3-4-5-6-7-8-9-10-14-17-20-23-34(45)37(47)33(30-51-41-40(50)39(49)38(48)35(29-44)52-41)43-36(46)24-21-18-15-12-11-13-16-19-22-31-25-27-32(42)28-26-31;1-2-3-4-5-6-7-8-9-10-11-14-17-20-31(42)34(44)30(27-48-38-37(47)36(46)35(45)32(26-41)49-38)40-33(43)21-18-15-12-13-16-19-28-22-24-29(39)25-23-28;1-2-3-4-5-6-7-8-9-10-11-12-15-18-29(40)32(42)28(25-46-36-35(45)34(44)33(43)30(24-39)47-36)38-31(41)19-16-13-14-17-26-20-22-27(37)23-21-26/h25-28,33-35,37-41,44-45,47-50H,2-24,29-30H2,1H3,(H,43,46);22-25,30-32,34-38,41-42,44-47H,2-21,26-27H2,1H3,(H,40,43);20-23,28-30,32-36,39-40,42-45H,2-19,24-25H2,1H3,(H,38,41)/t33-,34+,35?,37-,38?,39?,40?,41?;30-,31+,32?,34-,35?,36?,37?,38?;28-,29+,30?,32-,33?,34?,35?,36?/m000/s1. The monoisotopic (exact) mass is 2110 g/mol. The first-order valence-corrected chi connectivity index (χ1v) is 57.5. The van der Waals surface area contributed by atoms with E-state index in [2.05, 4.69) is 36.7 Å². The first kappa shape index (κ1) is 135. The van der Waals surface area contributed by atoms with Gasteiger partial charge in [-0.2, -0.15) is 0 Å². The topological polar surface area (TPSA) is 507 Å². The van der Waals surface area contributed by atoms with E-state index in [1.807, 2.05) is 12.1 Å². The van der Waals surface area contributed by atoms with Crippen molar-refractivity contribution < 1.29 is 148 Å². The lowest BCUT2D eigenvalue weighted by Crippen LogP contribution is -2.60. The molecule has 0 aromatic heterocycles. The summed E-state index contributed by atoms with van der Waals surface area (Å²) in [7, 11) is 0. The van der Waals surface area contributed by atoms with Gasteiger partial charge in [0.05, 0.1) is 76.1 Å². The normalized spacial score (nSPS) is 22.8. The van der Waals surface area contributed by atoms with E-state index in [1.165, 1.54) is 190 Å². The first-order chi connectivity index (χ1) is 71.5. The highest BCUT2D eigenvalue weighted by Gasteiger charge is 2.48. The Hall–Kier alpha value is -5.10. The third-order valence-electron chi connectivity index (χ3n) is 29.0. The van der Waals surface area contributed by atoms with Crippen LogP contribution in [0.25, 0.3) is 0 Å². The van der Waals surface area contributed by atoms with Crippen LogP contribution in [0.15, 0.2) is 72.8 Å². The molecule has 3 fully saturated rings. The van der Waals surface area contributed by atoms with Crippen molar-refractivity contribution in [3.05, 3.63) is 107 Å². The predicted octanol–water partition coefficient (Wildman–Crippen LogP) is 14.9. The maximum absolute atomic E-state index is 13.1. The molecule has 148 heavy (non-hydrogen) atoms. The highest BCUT2D eigenvalue weighted by Crippen LogP contribution is 2.30. The minimum atomic E-state index is -1.63. The molecule has 0 bridgehead atoms. The van der Waals surface area contributed by atoms with Crippen molar-refractivity contribution in [2.45, 2.75) is 559 Å². The Morgan fingerprint density at radius 1 is 0.264 bits per heavy atom. The molecule has 3 saturated heterocycles. The molecule has 30 nitrogen and oxygen atoms in total. The summed E-state index contributed by atoms with van der Waals surface area (Å²) < 4.78 is 72.4. The quantitative estimate of drug-likeness (QED) is 0.0233. The summed E-state index contributed by atoms with van der Waals surface area (Å²) in [4.78, 5) is 38.7. The van der Waals surface area contributed by atoms with Crippen molar-refractivity contribution in [1.82, 2.24) is 16.0 Å². The third kappa shape index (κ3) is 59.7. The number of unbranched alkanes of at least 4 members (excludes halogenated alkanes) is 46. The summed E-state index contributed by atoms with van der Waals surface area (Å²) in [5, 5.41) is 194.